The molecule has 1 heterocycles. The van der Waals surface area contributed by atoms with E-state index in [1.54, 1.807) is 12.3 Å². The Morgan fingerprint density at radius 3 is 2.16 bits per heavy atom. The van der Waals surface area contributed by atoms with Gasteiger partial charge in [0.05, 0.1) is 11.3 Å². The summed E-state index contributed by atoms with van der Waals surface area (Å²) in [5, 5.41) is 0. The molecule has 31 heavy (non-hydrogen) atoms. The second-order valence-corrected chi connectivity index (χ2v) is 8.77. The molecule has 0 atom stereocenters. The van der Waals surface area contributed by atoms with Crippen LogP contribution in [-0.4, -0.2) is 15.8 Å². The van der Waals surface area contributed by atoms with Gasteiger partial charge in [-0.15, -0.1) is 0 Å². The number of carbonyl (C=O) groups is 1. The average molecular weight is 426 g/mol. The Balaban J connectivity index is 2.14. The van der Waals surface area contributed by atoms with Crippen molar-refractivity contribution in [3.63, 3.8) is 0 Å². The Morgan fingerprint density at radius 2 is 1.58 bits per heavy atom. The van der Waals surface area contributed by atoms with Gasteiger partial charge in [0.15, 0.2) is 5.78 Å². The van der Waals surface area contributed by atoms with Gasteiger partial charge < -0.3 is 0 Å². The van der Waals surface area contributed by atoms with Crippen LogP contribution in [0.1, 0.15) is 55.7 Å². The molecule has 0 fully saturated rings. The van der Waals surface area contributed by atoms with Gasteiger partial charge in [-0.05, 0) is 58.9 Å². The van der Waals surface area contributed by atoms with Crippen molar-refractivity contribution < 1.29 is 18.0 Å². The Hall–Kier alpha value is -3.02. The molecule has 0 radical (unpaired) electrons. The third kappa shape index (κ3) is 5.57. The van der Waals surface area contributed by atoms with Gasteiger partial charge in [0.25, 0.3) is 0 Å². The summed E-state index contributed by atoms with van der Waals surface area (Å²) in [7, 11) is 0. The smallest absolute Gasteiger partial charge is 0.294 e. The summed E-state index contributed by atoms with van der Waals surface area (Å²) in [6.45, 7) is 7.96. The normalized spacial score (nSPS) is 12.1. The fraction of sp³-hybridized carbons (Fsp3) is 0.320. The van der Waals surface area contributed by atoms with Crippen LogP contribution in [-0.2, 0) is 12.6 Å². The second-order valence-electron chi connectivity index (χ2n) is 8.77. The van der Waals surface area contributed by atoms with E-state index >= 15 is 0 Å². The number of aromatic nitrogens is 2. The highest BCUT2D eigenvalue weighted by molar-refractivity contribution is 5.99. The number of nitrogens with zero attached hydrogens (tertiary/aromatic N) is 2. The van der Waals surface area contributed by atoms with E-state index in [-0.39, 0.29) is 11.2 Å². The number of Topliss-reactive ketones (excluding diaryl/α,β-unsaturated/α-hetero) is 1. The minimum absolute atomic E-state index is 0.0163. The summed E-state index contributed by atoms with van der Waals surface area (Å²) in [5.74, 6) is -0.0163. The van der Waals surface area contributed by atoms with E-state index in [2.05, 4.69) is 9.97 Å². The van der Waals surface area contributed by atoms with Crippen LogP contribution >= 0.6 is 0 Å². The van der Waals surface area contributed by atoms with Gasteiger partial charge in [-0.1, -0.05) is 39.8 Å². The summed E-state index contributed by atoms with van der Waals surface area (Å²) in [6.07, 6.45) is -0.169. The summed E-state index contributed by atoms with van der Waals surface area (Å²) < 4.78 is 38.9. The molecule has 3 aromatic rings. The lowest BCUT2D eigenvalue weighted by Gasteiger charge is -2.18. The van der Waals surface area contributed by atoms with Gasteiger partial charge in [-0.3, -0.25) is 4.79 Å². The van der Waals surface area contributed by atoms with Crippen molar-refractivity contribution in [1.82, 2.24) is 9.97 Å². The first-order chi connectivity index (χ1) is 14.5. The molecule has 0 N–H and O–H groups in total. The van der Waals surface area contributed by atoms with E-state index in [1.165, 1.54) is 18.5 Å². The van der Waals surface area contributed by atoms with E-state index in [0.717, 1.165) is 29.0 Å². The molecule has 0 aliphatic heterocycles. The molecule has 0 bridgehead atoms. The van der Waals surface area contributed by atoms with Crippen LogP contribution in [0.25, 0.3) is 22.3 Å². The fourth-order valence-electron chi connectivity index (χ4n) is 3.42. The van der Waals surface area contributed by atoms with Gasteiger partial charge in [-0.2, -0.15) is 13.2 Å². The van der Waals surface area contributed by atoms with Crippen molar-refractivity contribution in [2.75, 3.05) is 0 Å². The Kier molecular flexibility index (Phi) is 6.30. The van der Waals surface area contributed by atoms with Crippen LogP contribution in [0.15, 0.2) is 55.0 Å². The van der Waals surface area contributed by atoms with Crippen LogP contribution in [0.3, 0.4) is 0 Å². The maximum absolute atomic E-state index is 13.0. The topological polar surface area (TPSA) is 42.9 Å². The number of rotatable bonds is 5. The molecule has 0 unspecified atom stereocenters. The van der Waals surface area contributed by atoms with Gasteiger partial charge in [0, 0.05) is 23.7 Å². The van der Waals surface area contributed by atoms with Crippen molar-refractivity contribution in [1.29, 1.82) is 0 Å². The molecule has 3 rings (SSSR count). The zero-order valence-corrected chi connectivity index (χ0v) is 18.0. The lowest BCUT2D eigenvalue weighted by atomic mass is 9.86. The van der Waals surface area contributed by atoms with Gasteiger partial charge >= 0.3 is 6.18 Å². The SMILES string of the molecule is CCc1ncncc1-c1cc(C(=O)CC(C)(C)C)cc(-c2ccc(C(F)(F)F)cc2)c1. The minimum atomic E-state index is -4.40. The number of halogens is 3. The third-order valence-electron chi connectivity index (χ3n) is 4.93. The van der Waals surface area contributed by atoms with Crippen molar-refractivity contribution in [2.24, 2.45) is 5.41 Å². The molecule has 0 aliphatic carbocycles. The van der Waals surface area contributed by atoms with Gasteiger partial charge in [0.1, 0.15) is 6.33 Å². The molecule has 2 aromatic carbocycles. The molecule has 0 aliphatic rings. The lowest BCUT2D eigenvalue weighted by Crippen LogP contribution is -2.13. The molecule has 0 saturated carbocycles. The molecule has 0 saturated heterocycles. The van der Waals surface area contributed by atoms with E-state index in [4.69, 9.17) is 0 Å². The third-order valence-corrected chi connectivity index (χ3v) is 4.93. The zero-order chi connectivity index (χ0) is 22.8. The van der Waals surface area contributed by atoms with E-state index < -0.39 is 11.7 Å². The van der Waals surface area contributed by atoms with Crippen LogP contribution in [0, 0.1) is 5.41 Å². The van der Waals surface area contributed by atoms with Crippen molar-refractivity contribution in [3.05, 3.63) is 71.8 Å². The van der Waals surface area contributed by atoms with Crippen molar-refractivity contribution in [3.8, 4) is 22.3 Å². The molecular weight excluding hydrogens is 401 g/mol. The monoisotopic (exact) mass is 426 g/mol. The highest BCUT2D eigenvalue weighted by Gasteiger charge is 2.30. The number of aryl methyl sites for hydroxylation is 1. The first-order valence-electron chi connectivity index (χ1n) is 10.1. The first-order valence-corrected chi connectivity index (χ1v) is 10.1. The van der Waals surface area contributed by atoms with E-state index in [1.807, 2.05) is 39.8 Å². The summed E-state index contributed by atoms with van der Waals surface area (Å²) in [6, 6.07) is 10.4. The number of benzene rings is 2. The van der Waals surface area contributed by atoms with Gasteiger partial charge in [0.2, 0.25) is 0 Å². The molecule has 3 nitrogen and oxygen atoms in total. The van der Waals surface area contributed by atoms with Crippen LogP contribution in [0.5, 0.6) is 0 Å². The summed E-state index contributed by atoms with van der Waals surface area (Å²) in [5.41, 5.74) is 3.33. The van der Waals surface area contributed by atoms with E-state index in [0.29, 0.717) is 29.5 Å². The molecule has 162 valence electrons. The van der Waals surface area contributed by atoms with E-state index in [9.17, 15) is 18.0 Å². The number of ketones is 1. The van der Waals surface area contributed by atoms with Crippen molar-refractivity contribution in [2.45, 2.75) is 46.7 Å². The zero-order valence-electron chi connectivity index (χ0n) is 18.0. The average Bonchev–Trinajstić information content (AvgIpc) is 2.71. The number of alkyl halides is 3. The van der Waals surface area contributed by atoms with Gasteiger partial charge in [-0.25, -0.2) is 9.97 Å². The van der Waals surface area contributed by atoms with Crippen molar-refractivity contribution >= 4 is 5.78 Å². The Morgan fingerprint density at radius 1 is 0.935 bits per heavy atom. The maximum Gasteiger partial charge on any atom is 0.416 e. The Bertz CT molecular complexity index is 1080. The summed E-state index contributed by atoms with van der Waals surface area (Å²) in [4.78, 5) is 21.4. The summed E-state index contributed by atoms with van der Waals surface area (Å²) >= 11 is 0. The predicted molar refractivity (Wildman–Crippen MR) is 116 cm³/mol. The van der Waals surface area contributed by atoms with Crippen LogP contribution < -0.4 is 0 Å². The maximum atomic E-state index is 13.0. The largest absolute Gasteiger partial charge is 0.416 e. The standard InChI is InChI=1S/C25H25F3N2O/c1-5-22-21(14-29-15-30-22)18-10-17(11-19(12-18)23(31)13-24(2,3)4)16-6-8-20(9-7-16)25(26,27)28/h6-12,14-15H,5,13H2,1-4H3. The quantitative estimate of drug-likeness (QED) is 0.412. The van der Waals surface area contributed by atoms with Crippen LogP contribution in [0.2, 0.25) is 0 Å². The molecular formula is C25H25F3N2O. The fourth-order valence-corrected chi connectivity index (χ4v) is 3.42. The number of hydrogen-bond donors (Lipinski definition) is 0. The Labute approximate surface area is 180 Å². The molecule has 6 heteroatoms. The predicted octanol–water partition coefficient (Wildman–Crippen LogP) is 7.01. The number of hydrogen-bond acceptors (Lipinski definition) is 3. The highest BCUT2D eigenvalue weighted by Crippen LogP contribution is 2.34. The second kappa shape index (κ2) is 8.61. The first kappa shape index (κ1) is 22.7. The lowest BCUT2D eigenvalue weighted by molar-refractivity contribution is -0.137. The molecule has 1 aromatic heterocycles. The molecule has 0 amide bonds. The van der Waals surface area contributed by atoms with Crippen LogP contribution in [0.4, 0.5) is 13.2 Å². The highest BCUT2D eigenvalue weighted by atomic mass is 19.4. The number of carbonyl (C=O) groups excluding carboxylic acids is 1. The minimum Gasteiger partial charge on any atom is -0.294 e. The molecule has 0 spiro atoms.